The first-order valence-corrected chi connectivity index (χ1v) is 7.20. The zero-order chi connectivity index (χ0) is 16.4. The lowest BCUT2D eigenvalue weighted by atomic mass is 9.92. The summed E-state index contributed by atoms with van der Waals surface area (Å²) < 4.78 is 5.55. The lowest BCUT2D eigenvalue weighted by molar-refractivity contribution is -0.137. The van der Waals surface area contributed by atoms with E-state index in [1.807, 2.05) is 13.8 Å². The maximum atomic E-state index is 12.3. The Kier molecular flexibility index (Phi) is 4.49. The molecule has 0 spiro atoms. The van der Waals surface area contributed by atoms with E-state index in [1.165, 1.54) is 0 Å². The summed E-state index contributed by atoms with van der Waals surface area (Å²) in [7, 11) is 0. The van der Waals surface area contributed by atoms with Crippen LogP contribution in [0.3, 0.4) is 0 Å². The van der Waals surface area contributed by atoms with Gasteiger partial charge in [-0.1, -0.05) is 13.8 Å². The van der Waals surface area contributed by atoms with Gasteiger partial charge in [-0.15, -0.1) is 0 Å². The minimum absolute atomic E-state index is 0.0704. The number of rotatable bonds is 5. The Balaban J connectivity index is 2.40. The molecule has 0 saturated heterocycles. The van der Waals surface area contributed by atoms with Gasteiger partial charge in [-0.2, -0.15) is 0 Å². The summed E-state index contributed by atoms with van der Waals surface area (Å²) in [5.41, 5.74) is 1.68. The van der Waals surface area contributed by atoms with Crippen molar-refractivity contribution in [3.05, 3.63) is 23.3 Å². The molecule has 6 heteroatoms. The number of fused-ring (bicyclic) bond motifs is 1. The van der Waals surface area contributed by atoms with Crippen molar-refractivity contribution in [3.63, 3.8) is 0 Å². The highest BCUT2D eigenvalue weighted by Crippen LogP contribution is 2.36. The number of anilines is 1. The molecule has 0 fully saturated rings. The Bertz CT molecular complexity index is 636. The number of carboxylic acids is 1. The number of aliphatic carboxylic acids is 1. The molecule has 1 atom stereocenters. The number of amides is 1. The molecule has 1 aliphatic heterocycles. The van der Waals surface area contributed by atoms with E-state index in [-0.39, 0.29) is 30.4 Å². The van der Waals surface area contributed by atoms with Crippen LogP contribution in [0.15, 0.2) is 12.1 Å². The van der Waals surface area contributed by atoms with Crippen molar-refractivity contribution < 1.29 is 24.2 Å². The summed E-state index contributed by atoms with van der Waals surface area (Å²) in [4.78, 5) is 34.6. The molecule has 0 aromatic heterocycles. The van der Waals surface area contributed by atoms with Gasteiger partial charge in [0.05, 0.1) is 12.1 Å². The smallest absolute Gasteiger partial charge is 0.303 e. The Hall–Kier alpha value is -2.37. The third-order valence-electron chi connectivity index (χ3n) is 3.57. The molecular weight excluding hydrogens is 286 g/mol. The van der Waals surface area contributed by atoms with Crippen molar-refractivity contribution in [3.8, 4) is 5.75 Å². The Morgan fingerprint density at radius 3 is 2.59 bits per heavy atom. The maximum Gasteiger partial charge on any atom is 0.303 e. The van der Waals surface area contributed by atoms with E-state index >= 15 is 0 Å². The molecule has 118 valence electrons. The van der Waals surface area contributed by atoms with Gasteiger partial charge in [0.15, 0.2) is 11.9 Å². The van der Waals surface area contributed by atoms with Crippen molar-refractivity contribution in [2.75, 3.05) is 5.32 Å². The summed E-state index contributed by atoms with van der Waals surface area (Å²) in [5, 5.41) is 11.4. The average Bonchev–Trinajstić information content (AvgIpc) is 2.44. The minimum Gasteiger partial charge on any atom is -0.481 e. The first-order chi connectivity index (χ1) is 10.3. The highest BCUT2D eigenvalue weighted by molar-refractivity contribution is 6.03. The van der Waals surface area contributed by atoms with E-state index in [0.29, 0.717) is 17.0 Å². The molecule has 0 bridgehead atoms. The standard InChI is InChI=1S/C16H19NO5/c1-8(2)10-7-14-12(17-16(21)9(3)22-14)6-11(10)13(18)4-5-15(19)20/h6-9H,4-5H2,1-3H3,(H,17,21)(H,19,20). The van der Waals surface area contributed by atoms with Gasteiger partial charge in [0.25, 0.3) is 5.91 Å². The van der Waals surface area contributed by atoms with E-state index in [2.05, 4.69) is 5.32 Å². The van der Waals surface area contributed by atoms with Gasteiger partial charge in [0, 0.05) is 12.0 Å². The predicted molar refractivity (Wildman–Crippen MR) is 80.5 cm³/mol. The van der Waals surface area contributed by atoms with Gasteiger partial charge in [-0.3, -0.25) is 14.4 Å². The van der Waals surface area contributed by atoms with Crippen molar-refractivity contribution in [2.24, 2.45) is 0 Å². The summed E-state index contributed by atoms with van der Waals surface area (Å²) in [5.74, 6) is -0.922. The third-order valence-corrected chi connectivity index (χ3v) is 3.57. The topological polar surface area (TPSA) is 92.7 Å². The predicted octanol–water partition coefficient (Wildman–Crippen LogP) is 2.58. The van der Waals surface area contributed by atoms with E-state index in [4.69, 9.17) is 9.84 Å². The monoisotopic (exact) mass is 305 g/mol. The van der Waals surface area contributed by atoms with Gasteiger partial charge in [-0.25, -0.2) is 0 Å². The van der Waals surface area contributed by atoms with Gasteiger partial charge in [-0.05, 0) is 30.5 Å². The zero-order valence-corrected chi connectivity index (χ0v) is 12.8. The fraction of sp³-hybridized carbons (Fsp3) is 0.438. The van der Waals surface area contributed by atoms with Crippen molar-refractivity contribution >= 4 is 23.3 Å². The molecule has 1 aromatic carbocycles. The number of nitrogens with one attached hydrogen (secondary N) is 1. The highest BCUT2D eigenvalue weighted by Gasteiger charge is 2.26. The largest absolute Gasteiger partial charge is 0.481 e. The number of carbonyl (C=O) groups excluding carboxylic acids is 2. The van der Waals surface area contributed by atoms with Crippen LogP contribution in [0.2, 0.25) is 0 Å². The van der Waals surface area contributed by atoms with Crippen LogP contribution in [0, 0.1) is 0 Å². The molecule has 22 heavy (non-hydrogen) atoms. The average molecular weight is 305 g/mol. The van der Waals surface area contributed by atoms with Crippen molar-refractivity contribution in [1.82, 2.24) is 0 Å². The van der Waals surface area contributed by atoms with Gasteiger partial charge >= 0.3 is 5.97 Å². The van der Waals surface area contributed by atoms with Crippen LogP contribution in [0.5, 0.6) is 5.75 Å². The SMILES string of the molecule is CC1Oc2cc(C(C)C)c(C(=O)CCC(=O)O)cc2NC1=O. The minimum atomic E-state index is -1.01. The second kappa shape index (κ2) is 6.17. The van der Waals surface area contributed by atoms with Crippen LogP contribution in [0.1, 0.15) is 55.5 Å². The number of hydrogen-bond donors (Lipinski definition) is 2. The van der Waals surface area contributed by atoms with Gasteiger partial charge < -0.3 is 15.2 Å². The van der Waals surface area contributed by atoms with Gasteiger partial charge in [0.2, 0.25) is 0 Å². The van der Waals surface area contributed by atoms with Crippen molar-refractivity contribution in [1.29, 1.82) is 0 Å². The van der Waals surface area contributed by atoms with E-state index in [9.17, 15) is 14.4 Å². The zero-order valence-electron chi connectivity index (χ0n) is 12.8. The Labute approximate surface area is 128 Å². The number of ketones is 1. The fourth-order valence-electron chi connectivity index (χ4n) is 2.34. The lowest BCUT2D eigenvalue weighted by Gasteiger charge is -2.25. The van der Waals surface area contributed by atoms with Crippen LogP contribution >= 0.6 is 0 Å². The number of hydrogen-bond acceptors (Lipinski definition) is 4. The summed E-state index contributed by atoms with van der Waals surface area (Å²) in [6.45, 7) is 5.54. The Morgan fingerprint density at radius 2 is 2.00 bits per heavy atom. The summed E-state index contributed by atoms with van der Waals surface area (Å²) in [6, 6.07) is 3.34. The van der Waals surface area contributed by atoms with Crippen LogP contribution in [-0.2, 0) is 9.59 Å². The molecular formula is C16H19NO5. The molecule has 0 saturated carbocycles. The van der Waals surface area contributed by atoms with Crippen LogP contribution in [0.4, 0.5) is 5.69 Å². The Morgan fingerprint density at radius 1 is 1.32 bits per heavy atom. The number of carboxylic acid groups (broad SMARTS) is 1. The number of benzene rings is 1. The molecule has 2 N–H and O–H groups in total. The normalized spacial score (nSPS) is 16.7. The molecule has 2 rings (SSSR count). The summed E-state index contributed by atoms with van der Waals surface area (Å²) in [6.07, 6.45) is -0.868. The van der Waals surface area contributed by atoms with Crippen LogP contribution in [0.25, 0.3) is 0 Å². The van der Waals surface area contributed by atoms with E-state index in [0.717, 1.165) is 5.56 Å². The lowest BCUT2D eigenvalue weighted by Crippen LogP contribution is -2.34. The van der Waals surface area contributed by atoms with Crippen LogP contribution in [-0.4, -0.2) is 28.9 Å². The third kappa shape index (κ3) is 3.27. The summed E-state index contributed by atoms with van der Waals surface area (Å²) >= 11 is 0. The molecule has 6 nitrogen and oxygen atoms in total. The molecule has 1 unspecified atom stereocenters. The van der Waals surface area contributed by atoms with E-state index < -0.39 is 12.1 Å². The second-order valence-electron chi connectivity index (χ2n) is 5.66. The molecule has 1 aliphatic rings. The second-order valence-corrected chi connectivity index (χ2v) is 5.66. The molecule has 1 heterocycles. The van der Waals surface area contributed by atoms with Crippen molar-refractivity contribution in [2.45, 2.75) is 45.6 Å². The number of carbonyl (C=O) groups is 3. The van der Waals surface area contributed by atoms with E-state index in [1.54, 1.807) is 19.1 Å². The first-order valence-electron chi connectivity index (χ1n) is 7.20. The quantitative estimate of drug-likeness (QED) is 0.816. The van der Waals surface area contributed by atoms with Gasteiger partial charge in [0.1, 0.15) is 5.75 Å². The molecule has 1 aromatic rings. The fourth-order valence-corrected chi connectivity index (χ4v) is 2.34. The van der Waals surface area contributed by atoms with Crippen LogP contribution < -0.4 is 10.1 Å². The molecule has 0 radical (unpaired) electrons. The number of Topliss-reactive ketones (excluding diaryl/α,β-unsaturated/α-hetero) is 1. The first kappa shape index (κ1) is 16.0. The highest BCUT2D eigenvalue weighted by atomic mass is 16.5. The maximum absolute atomic E-state index is 12.3. The molecule has 1 amide bonds. The molecule has 0 aliphatic carbocycles. The number of ether oxygens (including phenoxy) is 1.